The zero-order chi connectivity index (χ0) is 17.6. The Balaban J connectivity index is 1.30. The molecule has 25 heavy (non-hydrogen) atoms. The number of hydrogen-bond acceptors (Lipinski definition) is 4. The number of ether oxygens (including phenoxy) is 2. The highest BCUT2D eigenvalue weighted by Crippen LogP contribution is 2.52. The topological polar surface area (TPSA) is 71.1 Å². The summed E-state index contributed by atoms with van der Waals surface area (Å²) in [6, 6.07) is 0.114. The number of urea groups is 1. The summed E-state index contributed by atoms with van der Waals surface area (Å²) in [7, 11) is 3.51. The predicted molar refractivity (Wildman–Crippen MR) is 91.0 cm³/mol. The van der Waals surface area contributed by atoms with Crippen LogP contribution in [0.5, 0.6) is 0 Å². The number of piperidine rings is 1. The van der Waals surface area contributed by atoms with Gasteiger partial charge in [-0.05, 0) is 37.5 Å². The molecule has 3 heterocycles. The van der Waals surface area contributed by atoms with E-state index >= 15 is 0 Å². The fraction of sp³-hybridized carbons (Fsp3) is 0.889. The lowest BCUT2D eigenvalue weighted by Gasteiger charge is -2.46. The van der Waals surface area contributed by atoms with Gasteiger partial charge in [-0.25, -0.2) is 4.79 Å². The zero-order valence-corrected chi connectivity index (χ0v) is 15.2. The monoisotopic (exact) mass is 351 g/mol. The average molecular weight is 351 g/mol. The Bertz CT molecular complexity index is 534. The maximum absolute atomic E-state index is 12.7. The summed E-state index contributed by atoms with van der Waals surface area (Å²) in [5.74, 6) is 1.48. The summed E-state index contributed by atoms with van der Waals surface area (Å²) in [6.07, 6.45) is 3.43. The van der Waals surface area contributed by atoms with Crippen LogP contribution in [0.1, 0.15) is 25.7 Å². The van der Waals surface area contributed by atoms with E-state index in [0.29, 0.717) is 24.3 Å². The van der Waals surface area contributed by atoms with Crippen LogP contribution in [0.2, 0.25) is 0 Å². The molecule has 3 aliphatic heterocycles. The normalized spacial score (nSPS) is 36.0. The van der Waals surface area contributed by atoms with Gasteiger partial charge in [-0.1, -0.05) is 0 Å². The van der Waals surface area contributed by atoms with Gasteiger partial charge >= 0.3 is 6.03 Å². The molecule has 7 nitrogen and oxygen atoms in total. The van der Waals surface area contributed by atoms with E-state index in [1.54, 1.807) is 19.0 Å². The largest absolute Gasteiger partial charge is 0.381 e. The van der Waals surface area contributed by atoms with E-state index in [2.05, 4.69) is 5.32 Å². The van der Waals surface area contributed by atoms with Crippen molar-refractivity contribution in [2.75, 3.05) is 47.0 Å². The van der Waals surface area contributed by atoms with Gasteiger partial charge in [-0.3, -0.25) is 4.79 Å². The van der Waals surface area contributed by atoms with E-state index < -0.39 is 0 Å². The number of fused-ring (bicyclic) bond motifs is 1. The molecule has 0 bridgehead atoms. The molecule has 1 saturated carbocycles. The molecule has 0 radical (unpaired) electrons. The van der Waals surface area contributed by atoms with Crippen LogP contribution in [0.4, 0.5) is 4.79 Å². The van der Waals surface area contributed by atoms with Crippen LogP contribution in [0.15, 0.2) is 0 Å². The SMILES string of the molecule is CN(C)C(=O)NC1CCOC2(CCN(C(=O)C3[C@H]4COC[C@@H]34)CC2)C1. The summed E-state index contributed by atoms with van der Waals surface area (Å²) >= 11 is 0. The second-order valence-corrected chi connectivity index (χ2v) is 8.28. The van der Waals surface area contributed by atoms with Crippen molar-refractivity contribution < 1.29 is 19.1 Å². The summed E-state index contributed by atoms with van der Waals surface area (Å²) < 4.78 is 11.5. The third kappa shape index (κ3) is 3.24. The number of carbonyl (C=O) groups is 2. The smallest absolute Gasteiger partial charge is 0.317 e. The van der Waals surface area contributed by atoms with Crippen LogP contribution in [-0.2, 0) is 14.3 Å². The number of hydrogen-bond donors (Lipinski definition) is 1. The predicted octanol–water partition coefficient (Wildman–Crippen LogP) is 0.690. The van der Waals surface area contributed by atoms with E-state index in [0.717, 1.165) is 52.0 Å². The summed E-state index contributed by atoms with van der Waals surface area (Å²) in [5.41, 5.74) is -0.179. The minimum absolute atomic E-state index is 0.0443. The first-order chi connectivity index (χ1) is 12.0. The van der Waals surface area contributed by atoms with Gasteiger partial charge in [0.2, 0.25) is 5.91 Å². The molecule has 4 atom stereocenters. The van der Waals surface area contributed by atoms with Gasteiger partial charge in [0, 0.05) is 45.8 Å². The van der Waals surface area contributed by atoms with Crippen molar-refractivity contribution in [3.05, 3.63) is 0 Å². The maximum atomic E-state index is 12.7. The Labute approximate surface area is 149 Å². The average Bonchev–Trinajstić information content (AvgIpc) is 3.07. The van der Waals surface area contributed by atoms with Crippen LogP contribution >= 0.6 is 0 Å². The highest BCUT2D eigenvalue weighted by molar-refractivity contribution is 5.82. The number of nitrogens with zero attached hydrogens (tertiary/aromatic N) is 2. The number of likely N-dealkylation sites (tertiary alicyclic amines) is 1. The van der Waals surface area contributed by atoms with Gasteiger partial charge in [-0.2, -0.15) is 0 Å². The summed E-state index contributed by atoms with van der Waals surface area (Å²) in [6.45, 7) is 3.73. The first kappa shape index (κ1) is 17.1. The molecule has 3 amide bonds. The van der Waals surface area contributed by atoms with E-state index in [1.165, 1.54) is 0 Å². The van der Waals surface area contributed by atoms with Crippen LogP contribution < -0.4 is 5.32 Å². The van der Waals surface area contributed by atoms with Gasteiger partial charge in [-0.15, -0.1) is 0 Å². The first-order valence-electron chi connectivity index (χ1n) is 9.47. The second kappa shape index (κ2) is 6.43. The third-order valence-electron chi connectivity index (χ3n) is 6.45. The maximum Gasteiger partial charge on any atom is 0.317 e. The molecule has 140 valence electrons. The molecule has 7 heteroatoms. The molecule has 0 aromatic rings. The molecule has 2 unspecified atom stereocenters. The second-order valence-electron chi connectivity index (χ2n) is 8.28. The van der Waals surface area contributed by atoms with Crippen LogP contribution in [-0.4, -0.2) is 80.4 Å². The first-order valence-corrected chi connectivity index (χ1v) is 9.47. The van der Waals surface area contributed by atoms with Gasteiger partial charge in [0.1, 0.15) is 0 Å². The Morgan fingerprint density at radius 1 is 1.16 bits per heavy atom. The molecule has 1 aliphatic carbocycles. The fourth-order valence-corrected chi connectivity index (χ4v) is 4.75. The highest BCUT2D eigenvalue weighted by Gasteiger charge is 2.59. The minimum atomic E-state index is -0.179. The standard InChI is InChI=1S/C18H29N3O4/c1-20(2)17(23)19-12-3-8-25-18(9-12)4-6-21(7-5-18)16(22)15-13-10-24-11-14(13)15/h12-15H,3-11H2,1-2H3,(H,19,23)/t12?,13-,14+,15?. The molecular weight excluding hydrogens is 322 g/mol. The van der Waals surface area contributed by atoms with E-state index in [4.69, 9.17) is 9.47 Å². The fourth-order valence-electron chi connectivity index (χ4n) is 4.75. The lowest BCUT2D eigenvalue weighted by molar-refractivity contribution is -0.146. The molecule has 0 aromatic heterocycles. The van der Waals surface area contributed by atoms with E-state index in [-0.39, 0.29) is 23.6 Å². The van der Waals surface area contributed by atoms with Crippen molar-refractivity contribution in [1.82, 2.24) is 15.1 Å². The van der Waals surface area contributed by atoms with Gasteiger partial charge in [0.05, 0.1) is 18.8 Å². The van der Waals surface area contributed by atoms with Crippen molar-refractivity contribution in [1.29, 1.82) is 0 Å². The minimum Gasteiger partial charge on any atom is -0.381 e. The lowest BCUT2D eigenvalue weighted by Crippen LogP contribution is -2.55. The highest BCUT2D eigenvalue weighted by atomic mass is 16.5. The molecule has 1 spiro atoms. The van der Waals surface area contributed by atoms with Crippen LogP contribution in [0.25, 0.3) is 0 Å². The van der Waals surface area contributed by atoms with Crippen molar-refractivity contribution >= 4 is 11.9 Å². The number of amides is 3. The molecule has 4 aliphatic rings. The summed E-state index contributed by atoms with van der Waals surface area (Å²) in [4.78, 5) is 28.2. The zero-order valence-electron chi connectivity index (χ0n) is 15.2. The Morgan fingerprint density at radius 3 is 2.48 bits per heavy atom. The molecular formula is C18H29N3O4. The molecule has 0 aromatic carbocycles. The Morgan fingerprint density at radius 2 is 1.84 bits per heavy atom. The van der Waals surface area contributed by atoms with Crippen LogP contribution in [0, 0.1) is 17.8 Å². The van der Waals surface area contributed by atoms with Crippen molar-refractivity contribution in [2.45, 2.75) is 37.3 Å². The number of nitrogens with one attached hydrogen (secondary N) is 1. The van der Waals surface area contributed by atoms with E-state index in [1.807, 2.05) is 4.90 Å². The number of carbonyl (C=O) groups excluding carboxylic acids is 2. The molecule has 3 saturated heterocycles. The quantitative estimate of drug-likeness (QED) is 0.795. The van der Waals surface area contributed by atoms with Gasteiger partial charge in [0.15, 0.2) is 0 Å². The molecule has 4 rings (SSSR count). The number of rotatable bonds is 2. The van der Waals surface area contributed by atoms with Crippen molar-refractivity contribution in [3.63, 3.8) is 0 Å². The third-order valence-corrected chi connectivity index (χ3v) is 6.45. The van der Waals surface area contributed by atoms with Crippen LogP contribution in [0.3, 0.4) is 0 Å². The van der Waals surface area contributed by atoms with Crippen molar-refractivity contribution in [3.8, 4) is 0 Å². The molecule has 1 N–H and O–H groups in total. The van der Waals surface area contributed by atoms with Gasteiger partial charge in [0.25, 0.3) is 0 Å². The summed E-state index contributed by atoms with van der Waals surface area (Å²) in [5, 5.41) is 3.09. The van der Waals surface area contributed by atoms with E-state index in [9.17, 15) is 9.59 Å². The molecule has 4 fully saturated rings. The lowest BCUT2D eigenvalue weighted by atomic mass is 9.82. The van der Waals surface area contributed by atoms with Gasteiger partial charge < -0.3 is 24.6 Å². The Hall–Kier alpha value is -1.34. The van der Waals surface area contributed by atoms with Crippen molar-refractivity contribution in [2.24, 2.45) is 17.8 Å². The Kier molecular flexibility index (Phi) is 4.40.